The largest absolute Gasteiger partial charge is 0.494 e. The van der Waals surface area contributed by atoms with E-state index in [1.54, 1.807) is 11.9 Å². The number of ether oxygens (including phenoxy) is 1. The number of benzene rings is 1. The highest BCUT2D eigenvalue weighted by Gasteiger charge is 2.14. The summed E-state index contributed by atoms with van der Waals surface area (Å²) < 4.78 is 5.51. The average molecular weight is 250 g/mol. The third-order valence-electron chi connectivity index (χ3n) is 2.67. The lowest BCUT2D eigenvalue weighted by Crippen LogP contribution is -2.30. The summed E-state index contributed by atoms with van der Waals surface area (Å²) in [6.07, 6.45) is 0.841. The van der Waals surface area contributed by atoms with Crippen LogP contribution in [0.3, 0.4) is 0 Å². The van der Waals surface area contributed by atoms with E-state index in [1.807, 2.05) is 38.1 Å². The van der Waals surface area contributed by atoms with Gasteiger partial charge in [-0.3, -0.25) is 4.79 Å². The molecule has 0 aliphatic rings. The van der Waals surface area contributed by atoms with Gasteiger partial charge in [0.2, 0.25) is 5.91 Å². The van der Waals surface area contributed by atoms with Crippen molar-refractivity contribution in [3.8, 4) is 5.75 Å². The van der Waals surface area contributed by atoms with Crippen molar-refractivity contribution in [3.63, 3.8) is 0 Å². The van der Waals surface area contributed by atoms with E-state index in [0.717, 1.165) is 17.9 Å². The molecule has 1 rings (SSSR count). The lowest BCUT2D eigenvalue weighted by molar-refractivity contribution is -0.121. The van der Waals surface area contributed by atoms with Crippen molar-refractivity contribution >= 4 is 11.6 Å². The predicted octanol–water partition coefficient (Wildman–Crippen LogP) is 2.03. The van der Waals surface area contributed by atoms with Gasteiger partial charge in [0.1, 0.15) is 5.75 Å². The number of rotatable bonds is 6. The van der Waals surface area contributed by atoms with Crippen molar-refractivity contribution in [2.24, 2.45) is 11.7 Å². The van der Waals surface area contributed by atoms with Crippen molar-refractivity contribution in [1.82, 2.24) is 0 Å². The summed E-state index contributed by atoms with van der Waals surface area (Å²) in [4.78, 5) is 13.5. The second-order valence-corrected chi connectivity index (χ2v) is 4.54. The lowest BCUT2D eigenvalue weighted by Gasteiger charge is -2.19. The third kappa shape index (κ3) is 4.04. The maximum atomic E-state index is 11.8. The normalized spacial score (nSPS) is 10.5. The van der Waals surface area contributed by atoms with Gasteiger partial charge in [-0.1, -0.05) is 13.8 Å². The molecule has 0 atom stereocenters. The van der Waals surface area contributed by atoms with Gasteiger partial charge in [0.25, 0.3) is 0 Å². The molecule has 1 amide bonds. The first-order valence-electron chi connectivity index (χ1n) is 6.26. The Hall–Kier alpha value is -1.55. The molecule has 0 saturated heterocycles. The Bertz CT molecular complexity index is 374. The van der Waals surface area contributed by atoms with Gasteiger partial charge in [-0.05, 0) is 37.2 Å². The molecule has 0 fully saturated rings. The fourth-order valence-electron chi connectivity index (χ4n) is 1.55. The molecule has 100 valence electrons. The molecule has 0 aromatic heterocycles. The van der Waals surface area contributed by atoms with E-state index in [9.17, 15) is 4.79 Å². The standard InChI is InChI=1S/C14H22N2O2/c1-11(2)14(17)16(3)12-5-7-13(8-6-12)18-10-4-9-15/h5-8,11H,4,9-10,15H2,1-3H3. The quantitative estimate of drug-likeness (QED) is 0.786. The number of nitrogens with zero attached hydrogens (tertiary/aromatic N) is 1. The van der Waals surface area contributed by atoms with Crippen LogP contribution in [0.5, 0.6) is 5.75 Å². The molecule has 1 aromatic rings. The molecule has 0 radical (unpaired) electrons. The molecule has 0 heterocycles. The van der Waals surface area contributed by atoms with E-state index in [2.05, 4.69) is 0 Å². The molecule has 0 bridgehead atoms. The third-order valence-corrected chi connectivity index (χ3v) is 2.67. The van der Waals surface area contributed by atoms with Gasteiger partial charge in [-0.25, -0.2) is 0 Å². The molecular formula is C14H22N2O2. The second-order valence-electron chi connectivity index (χ2n) is 4.54. The van der Waals surface area contributed by atoms with Gasteiger partial charge >= 0.3 is 0 Å². The van der Waals surface area contributed by atoms with Gasteiger partial charge in [-0.15, -0.1) is 0 Å². The lowest BCUT2D eigenvalue weighted by atomic mass is 10.2. The van der Waals surface area contributed by atoms with E-state index < -0.39 is 0 Å². The predicted molar refractivity (Wildman–Crippen MR) is 73.9 cm³/mol. The van der Waals surface area contributed by atoms with Gasteiger partial charge in [-0.2, -0.15) is 0 Å². The zero-order valence-electron chi connectivity index (χ0n) is 11.3. The minimum absolute atomic E-state index is 0.00418. The molecule has 18 heavy (non-hydrogen) atoms. The van der Waals surface area contributed by atoms with E-state index >= 15 is 0 Å². The molecule has 1 aromatic carbocycles. The Morgan fingerprint density at radius 3 is 2.44 bits per heavy atom. The summed E-state index contributed by atoms with van der Waals surface area (Å²) >= 11 is 0. The molecule has 4 heteroatoms. The summed E-state index contributed by atoms with van der Waals surface area (Å²) in [5.41, 5.74) is 6.27. The van der Waals surface area contributed by atoms with Crippen LogP contribution in [0.25, 0.3) is 0 Å². The fourth-order valence-corrected chi connectivity index (χ4v) is 1.55. The minimum Gasteiger partial charge on any atom is -0.494 e. The molecule has 2 N–H and O–H groups in total. The number of anilines is 1. The molecule has 0 saturated carbocycles. The van der Waals surface area contributed by atoms with Crippen molar-refractivity contribution in [3.05, 3.63) is 24.3 Å². The summed E-state index contributed by atoms with van der Waals surface area (Å²) in [7, 11) is 1.78. The Morgan fingerprint density at radius 2 is 1.94 bits per heavy atom. The average Bonchev–Trinajstić information content (AvgIpc) is 2.38. The number of carbonyl (C=O) groups excluding carboxylic acids is 1. The zero-order valence-corrected chi connectivity index (χ0v) is 11.3. The second kappa shape index (κ2) is 7.01. The zero-order chi connectivity index (χ0) is 13.5. The van der Waals surface area contributed by atoms with E-state index in [1.165, 1.54) is 0 Å². The summed E-state index contributed by atoms with van der Waals surface area (Å²) in [6, 6.07) is 7.52. The monoisotopic (exact) mass is 250 g/mol. The number of hydrogen-bond acceptors (Lipinski definition) is 3. The van der Waals surface area contributed by atoms with Crippen LogP contribution in [0.1, 0.15) is 20.3 Å². The molecule has 0 unspecified atom stereocenters. The van der Waals surface area contributed by atoms with Gasteiger partial charge in [0.05, 0.1) is 6.61 Å². The van der Waals surface area contributed by atoms with Crippen molar-refractivity contribution in [1.29, 1.82) is 0 Å². The SMILES string of the molecule is CC(C)C(=O)N(C)c1ccc(OCCCN)cc1. The molecule has 0 aliphatic carbocycles. The van der Waals surface area contributed by atoms with Crippen LogP contribution in [-0.2, 0) is 4.79 Å². The highest BCUT2D eigenvalue weighted by atomic mass is 16.5. The minimum atomic E-state index is -0.00418. The van der Waals surface area contributed by atoms with Crippen LogP contribution >= 0.6 is 0 Å². The van der Waals surface area contributed by atoms with Crippen LogP contribution in [-0.4, -0.2) is 26.1 Å². The summed E-state index contributed by atoms with van der Waals surface area (Å²) in [5.74, 6) is 0.903. The molecular weight excluding hydrogens is 228 g/mol. The van der Waals surface area contributed by atoms with Crippen molar-refractivity contribution in [2.75, 3.05) is 25.1 Å². The Balaban J connectivity index is 2.62. The van der Waals surface area contributed by atoms with Crippen LogP contribution in [0.15, 0.2) is 24.3 Å². The smallest absolute Gasteiger partial charge is 0.229 e. The van der Waals surface area contributed by atoms with Crippen LogP contribution in [0, 0.1) is 5.92 Å². The molecule has 0 aliphatic heterocycles. The Labute approximate surface area is 109 Å². The maximum absolute atomic E-state index is 11.8. The first-order valence-corrected chi connectivity index (χ1v) is 6.26. The highest BCUT2D eigenvalue weighted by molar-refractivity contribution is 5.94. The van der Waals surface area contributed by atoms with Crippen molar-refractivity contribution < 1.29 is 9.53 Å². The van der Waals surface area contributed by atoms with Gasteiger partial charge < -0.3 is 15.4 Å². The van der Waals surface area contributed by atoms with Gasteiger partial charge in [0, 0.05) is 18.7 Å². The maximum Gasteiger partial charge on any atom is 0.229 e. The summed E-state index contributed by atoms with van der Waals surface area (Å²) in [6.45, 7) is 5.03. The number of amides is 1. The fraction of sp³-hybridized carbons (Fsp3) is 0.500. The Morgan fingerprint density at radius 1 is 1.33 bits per heavy atom. The van der Waals surface area contributed by atoms with E-state index in [4.69, 9.17) is 10.5 Å². The number of carbonyl (C=O) groups is 1. The first-order chi connectivity index (χ1) is 8.56. The van der Waals surface area contributed by atoms with Crippen molar-refractivity contribution in [2.45, 2.75) is 20.3 Å². The van der Waals surface area contributed by atoms with E-state index in [0.29, 0.717) is 13.2 Å². The van der Waals surface area contributed by atoms with Crippen LogP contribution in [0.4, 0.5) is 5.69 Å². The molecule has 4 nitrogen and oxygen atoms in total. The first kappa shape index (κ1) is 14.5. The Kier molecular flexibility index (Phi) is 5.65. The van der Waals surface area contributed by atoms with Crippen LogP contribution in [0.2, 0.25) is 0 Å². The van der Waals surface area contributed by atoms with E-state index in [-0.39, 0.29) is 11.8 Å². The molecule has 0 spiro atoms. The highest BCUT2D eigenvalue weighted by Crippen LogP contribution is 2.19. The number of hydrogen-bond donors (Lipinski definition) is 1. The summed E-state index contributed by atoms with van der Waals surface area (Å²) in [5, 5.41) is 0. The van der Waals surface area contributed by atoms with Crippen LogP contribution < -0.4 is 15.4 Å². The topological polar surface area (TPSA) is 55.6 Å². The number of nitrogens with two attached hydrogens (primary N) is 1. The van der Waals surface area contributed by atoms with Gasteiger partial charge in [0.15, 0.2) is 0 Å².